The molecule has 2 aromatic rings. The van der Waals surface area contributed by atoms with Crippen molar-refractivity contribution in [2.24, 2.45) is 12.1 Å². The second-order valence-corrected chi connectivity index (χ2v) is 4.35. The summed E-state index contributed by atoms with van der Waals surface area (Å²) in [6, 6.07) is 9.85. The van der Waals surface area contributed by atoms with E-state index in [0.29, 0.717) is 0 Å². The summed E-state index contributed by atoms with van der Waals surface area (Å²) >= 11 is 0. The largest absolute Gasteiger partial charge is 0.497 e. The summed E-state index contributed by atoms with van der Waals surface area (Å²) in [5, 5.41) is 4.23. The molecule has 0 fully saturated rings. The van der Waals surface area contributed by atoms with Crippen LogP contribution in [0.3, 0.4) is 0 Å². The van der Waals surface area contributed by atoms with E-state index < -0.39 is 0 Å². The molecule has 1 aromatic carbocycles. The lowest BCUT2D eigenvalue weighted by Crippen LogP contribution is -2.25. The van der Waals surface area contributed by atoms with Gasteiger partial charge in [-0.1, -0.05) is 0 Å². The molecule has 1 N–H and O–H groups in total. The number of aromatic nitrogens is 1. The number of benzene rings is 1. The maximum absolute atomic E-state index is 5.17. The SMILES string of the molecule is COc1ccc(NN=Cc2cc[n+](C)cc2)c(C)c1. The fourth-order valence-electron chi connectivity index (χ4n) is 1.66. The van der Waals surface area contributed by atoms with Crippen LogP contribution in [0.4, 0.5) is 5.69 Å². The minimum absolute atomic E-state index is 0.850. The predicted molar refractivity (Wildman–Crippen MR) is 76.6 cm³/mol. The predicted octanol–water partition coefficient (Wildman–Crippen LogP) is 2.27. The molecule has 98 valence electrons. The van der Waals surface area contributed by atoms with Crippen molar-refractivity contribution in [1.29, 1.82) is 0 Å². The zero-order chi connectivity index (χ0) is 13.7. The van der Waals surface area contributed by atoms with Crippen molar-refractivity contribution in [3.63, 3.8) is 0 Å². The average molecular weight is 256 g/mol. The smallest absolute Gasteiger partial charge is 0.169 e. The van der Waals surface area contributed by atoms with E-state index in [1.54, 1.807) is 13.3 Å². The van der Waals surface area contributed by atoms with Gasteiger partial charge in [0.2, 0.25) is 0 Å². The van der Waals surface area contributed by atoms with Crippen LogP contribution < -0.4 is 14.7 Å². The topological polar surface area (TPSA) is 37.5 Å². The van der Waals surface area contributed by atoms with Crippen LogP contribution in [0.5, 0.6) is 5.75 Å². The summed E-state index contributed by atoms with van der Waals surface area (Å²) < 4.78 is 7.15. The standard InChI is InChI=1S/C15H17N3O/c1-12-10-14(19-3)4-5-15(12)17-16-11-13-6-8-18(2)9-7-13/h4-11H,1-3H3/p+1. The number of nitrogens with zero attached hydrogens (tertiary/aromatic N) is 2. The Morgan fingerprint density at radius 2 is 1.95 bits per heavy atom. The van der Waals surface area contributed by atoms with Crippen molar-refractivity contribution in [2.45, 2.75) is 6.92 Å². The molecule has 0 saturated heterocycles. The molecule has 1 heterocycles. The van der Waals surface area contributed by atoms with Gasteiger partial charge in [0, 0.05) is 17.7 Å². The molecule has 4 nitrogen and oxygen atoms in total. The lowest BCUT2D eigenvalue weighted by Gasteiger charge is -2.06. The molecule has 0 saturated carbocycles. The number of hydrazone groups is 1. The van der Waals surface area contributed by atoms with Crippen LogP contribution in [0.15, 0.2) is 47.8 Å². The van der Waals surface area contributed by atoms with Crippen molar-refractivity contribution >= 4 is 11.9 Å². The Hall–Kier alpha value is -2.36. The zero-order valence-corrected chi connectivity index (χ0v) is 11.4. The van der Waals surface area contributed by atoms with Crippen molar-refractivity contribution in [3.8, 4) is 5.75 Å². The van der Waals surface area contributed by atoms with E-state index in [1.165, 1.54) is 0 Å². The molecule has 1 aromatic heterocycles. The molecule has 19 heavy (non-hydrogen) atoms. The van der Waals surface area contributed by atoms with Crippen molar-refractivity contribution in [3.05, 3.63) is 53.9 Å². The number of pyridine rings is 1. The Balaban J connectivity index is 2.04. The number of methoxy groups -OCH3 is 1. The van der Waals surface area contributed by atoms with Gasteiger partial charge in [-0.05, 0) is 30.7 Å². The molecule has 0 unspecified atom stereocenters. The second-order valence-electron chi connectivity index (χ2n) is 4.35. The first-order chi connectivity index (χ1) is 9.19. The Bertz CT molecular complexity index is 576. The first-order valence-electron chi connectivity index (χ1n) is 6.08. The van der Waals surface area contributed by atoms with Gasteiger partial charge in [-0.2, -0.15) is 5.10 Å². The summed E-state index contributed by atoms with van der Waals surface area (Å²) in [5.41, 5.74) is 6.15. The van der Waals surface area contributed by atoms with Gasteiger partial charge in [0.25, 0.3) is 0 Å². The maximum atomic E-state index is 5.17. The summed E-state index contributed by atoms with van der Waals surface area (Å²) in [5.74, 6) is 0.850. The Morgan fingerprint density at radius 3 is 2.58 bits per heavy atom. The maximum Gasteiger partial charge on any atom is 0.169 e. The van der Waals surface area contributed by atoms with E-state index in [9.17, 15) is 0 Å². The van der Waals surface area contributed by atoms with Crippen molar-refractivity contribution in [2.75, 3.05) is 12.5 Å². The van der Waals surface area contributed by atoms with Gasteiger partial charge in [0.05, 0.1) is 19.0 Å². The van der Waals surface area contributed by atoms with Gasteiger partial charge in [-0.3, -0.25) is 5.43 Å². The van der Waals surface area contributed by atoms with E-state index in [-0.39, 0.29) is 0 Å². The van der Waals surface area contributed by atoms with Crippen LogP contribution in [0, 0.1) is 6.92 Å². The highest BCUT2D eigenvalue weighted by molar-refractivity contribution is 5.79. The van der Waals surface area contributed by atoms with Crippen LogP contribution in [0.1, 0.15) is 11.1 Å². The van der Waals surface area contributed by atoms with E-state index in [4.69, 9.17) is 4.74 Å². The van der Waals surface area contributed by atoms with Gasteiger partial charge in [0.15, 0.2) is 12.4 Å². The second kappa shape index (κ2) is 6.00. The fourth-order valence-corrected chi connectivity index (χ4v) is 1.66. The van der Waals surface area contributed by atoms with Gasteiger partial charge in [-0.15, -0.1) is 0 Å². The lowest BCUT2D eigenvalue weighted by atomic mass is 10.2. The molecule has 0 radical (unpaired) electrons. The molecular weight excluding hydrogens is 238 g/mol. The third-order valence-electron chi connectivity index (χ3n) is 2.84. The van der Waals surface area contributed by atoms with Gasteiger partial charge in [0.1, 0.15) is 12.8 Å². The Labute approximate surface area is 113 Å². The highest BCUT2D eigenvalue weighted by atomic mass is 16.5. The zero-order valence-electron chi connectivity index (χ0n) is 11.4. The quantitative estimate of drug-likeness (QED) is 0.517. The minimum Gasteiger partial charge on any atom is -0.497 e. The lowest BCUT2D eigenvalue weighted by molar-refractivity contribution is -0.671. The van der Waals surface area contributed by atoms with Gasteiger partial charge >= 0.3 is 0 Å². The molecule has 4 heteroatoms. The monoisotopic (exact) mass is 256 g/mol. The number of ether oxygens (including phenoxy) is 1. The number of nitrogens with one attached hydrogen (secondary N) is 1. The Morgan fingerprint density at radius 1 is 1.21 bits per heavy atom. The first kappa shape index (κ1) is 13.1. The number of hydrogen-bond donors (Lipinski definition) is 1. The van der Waals surface area contributed by atoms with Crippen LogP contribution in [0.25, 0.3) is 0 Å². The molecule has 0 aliphatic heterocycles. The highest BCUT2D eigenvalue weighted by Crippen LogP contribution is 2.20. The highest BCUT2D eigenvalue weighted by Gasteiger charge is 1.98. The molecule has 0 atom stereocenters. The number of hydrogen-bond acceptors (Lipinski definition) is 3. The molecule has 0 amide bonds. The van der Waals surface area contributed by atoms with E-state index in [0.717, 1.165) is 22.6 Å². The number of anilines is 1. The van der Waals surface area contributed by atoms with Crippen LogP contribution in [-0.2, 0) is 7.05 Å². The van der Waals surface area contributed by atoms with E-state index in [2.05, 4.69) is 10.5 Å². The summed E-state index contributed by atoms with van der Waals surface area (Å²) in [4.78, 5) is 0. The van der Waals surface area contributed by atoms with Crippen LogP contribution in [-0.4, -0.2) is 13.3 Å². The van der Waals surface area contributed by atoms with Gasteiger partial charge in [-0.25, -0.2) is 4.57 Å². The van der Waals surface area contributed by atoms with Gasteiger partial charge < -0.3 is 4.74 Å². The summed E-state index contributed by atoms with van der Waals surface area (Å²) in [6.45, 7) is 2.02. The molecule has 0 aliphatic carbocycles. The molecule has 0 bridgehead atoms. The average Bonchev–Trinajstić information content (AvgIpc) is 2.42. The number of rotatable bonds is 4. The summed E-state index contributed by atoms with van der Waals surface area (Å²) in [7, 11) is 3.65. The van der Waals surface area contributed by atoms with Crippen molar-refractivity contribution in [1.82, 2.24) is 0 Å². The fraction of sp³-hybridized carbons (Fsp3) is 0.200. The third kappa shape index (κ3) is 3.55. The van der Waals surface area contributed by atoms with Crippen molar-refractivity contribution < 1.29 is 9.30 Å². The Kier molecular flexibility index (Phi) is 4.13. The normalized spacial score (nSPS) is 10.7. The van der Waals surface area contributed by atoms with Crippen LogP contribution >= 0.6 is 0 Å². The molecular formula is C15H18N3O+. The molecule has 0 spiro atoms. The first-order valence-corrected chi connectivity index (χ1v) is 6.08. The molecule has 2 rings (SSSR count). The minimum atomic E-state index is 0.850. The molecule has 0 aliphatic rings. The van der Waals surface area contributed by atoms with E-state index >= 15 is 0 Å². The van der Waals surface area contributed by atoms with E-state index in [1.807, 2.05) is 61.3 Å². The summed E-state index contributed by atoms with van der Waals surface area (Å²) in [6.07, 6.45) is 5.77. The third-order valence-corrected chi connectivity index (χ3v) is 2.84. The number of aryl methyl sites for hydroxylation is 2. The van der Waals surface area contributed by atoms with Crippen LogP contribution in [0.2, 0.25) is 0 Å².